The number of nitro groups is 2. The van der Waals surface area contributed by atoms with Crippen molar-refractivity contribution in [2.75, 3.05) is 0 Å². The fourth-order valence-electron chi connectivity index (χ4n) is 2.20. The summed E-state index contributed by atoms with van der Waals surface area (Å²) in [6.45, 7) is 0. The molecule has 0 aliphatic heterocycles. The first-order valence-electron chi connectivity index (χ1n) is 6.84. The molecule has 0 aliphatic carbocycles. The van der Waals surface area contributed by atoms with Crippen molar-refractivity contribution in [1.82, 2.24) is 8.75 Å². The molecule has 3 aromatic rings. The molecule has 1 heterocycles. The van der Waals surface area contributed by atoms with E-state index in [1.807, 2.05) is 0 Å². The Morgan fingerprint density at radius 1 is 0.800 bits per heavy atom. The fraction of sp³-hybridized carbons (Fsp3) is 0. The van der Waals surface area contributed by atoms with Gasteiger partial charge in [-0.25, -0.2) is 0 Å². The number of rotatable bonds is 4. The van der Waals surface area contributed by atoms with Gasteiger partial charge in [-0.15, -0.1) is 0 Å². The summed E-state index contributed by atoms with van der Waals surface area (Å²) < 4.78 is 7.91. The van der Waals surface area contributed by atoms with Crippen molar-refractivity contribution in [3.8, 4) is 22.5 Å². The smallest absolute Gasteiger partial charge is 0.270 e. The highest BCUT2D eigenvalue weighted by Gasteiger charge is 2.17. The van der Waals surface area contributed by atoms with Crippen LogP contribution < -0.4 is 5.43 Å². The lowest BCUT2D eigenvalue weighted by Gasteiger charge is -2.02. The zero-order valence-electron chi connectivity index (χ0n) is 12.4. The molecule has 0 N–H and O–H groups in total. The molecule has 1 aromatic heterocycles. The van der Waals surface area contributed by atoms with Gasteiger partial charge in [0.15, 0.2) is 0 Å². The van der Waals surface area contributed by atoms with Gasteiger partial charge in [-0.2, -0.15) is 8.75 Å². The standard InChI is InChI=1S/C15H8N4O5S/c20-15-13(9-3-1-5-11(7-9)18(21)22)16-25-17-14(15)10-4-2-6-12(8-10)19(23)24/h1-8H. The van der Waals surface area contributed by atoms with Gasteiger partial charge in [0.05, 0.1) is 21.6 Å². The van der Waals surface area contributed by atoms with Crippen LogP contribution in [0.3, 0.4) is 0 Å². The normalized spacial score (nSPS) is 10.4. The van der Waals surface area contributed by atoms with E-state index in [0.717, 1.165) is 11.7 Å². The van der Waals surface area contributed by atoms with Crippen molar-refractivity contribution in [1.29, 1.82) is 0 Å². The molecule has 2 aromatic carbocycles. The first kappa shape index (κ1) is 16.3. The predicted molar refractivity (Wildman–Crippen MR) is 90.4 cm³/mol. The van der Waals surface area contributed by atoms with Crippen LogP contribution in [0.1, 0.15) is 0 Å². The highest BCUT2D eigenvalue weighted by atomic mass is 32.1. The summed E-state index contributed by atoms with van der Waals surface area (Å²) in [6, 6.07) is 11.1. The van der Waals surface area contributed by atoms with E-state index < -0.39 is 15.3 Å². The molecule has 0 spiro atoms. The van der Waals surface area contributed by atoms with Gasteiger partial charge in [0.1, 0.15) is 11.4 Å². The summed E-state index contributed by atoms with van der Waals surface area (Å²) in [5.41, 5.74) is -0.320. The number of benzene rings is 2. The van der Waals surface area contributed by atoms with Crippen molar-refractivity contribution < 1.29 is 9.85 Å². The van der Waals surface area contributed by atoms with Crippen LogP contribution in [0.4, 0.5) is 11.4 Å². The van der Waals surface area contributed by atoms with Crippen LogP contribution in [0.15, 0.2) is 53.3 Å². The third-order valence-electron chi connectivity index (χ3n) is 3.36. The Labute approximate surface area is 143 Å². The van der Waals surface area contributed by atoms with E-state index >= 15 is 0 Å². The van der Waals surface area contributed by atoms with Crippen molar-refractivity contribution in [2.24, 2.45) is 0 Å². The number of nitrogens with zero attached hydrogens (tertiary/aromatic N) is 4. The Balaban J connectivity index is 2.14. The summed E-state index contributed by atoms with van der Waals surface area (Å²) in [5.74, 6) is 0. The topological polar surface area (TPSA) is 129 Å². The molecule has 10 heteroatoms. The van der Waals surface area contributed by atoms with Gasteiger partial charge in [-0.3, -0.25) is 25.0 Å². The van der Waals surface area contributed by atoms with E-state index in [2.05, 4.69) is 8.75 Å². The fourth-order valence-corrected chi connectivity index (χ4v) is 2.78. The molecule has 3 rings (SSSR count). The molecule has 0 saturated heterocycles. The maximum atomic E-state index is 12.7. The zero-order valence-corrected chi connectivity index (χ0v) is 13.2. The third-order valence-corrected chi connectivity index (χ3v) is 3.88. The number of hydrogen-bond donors (Lipinski definition) is 0. The molecule has 0 unspecified atom stereocenters. The highest BCUT2D eigenvalue weighted by molar-refractivity contribution is 6.99. The van der Waals surface area contributed by atoms with Gasteiger partial charge >= 0.3 is 0 Å². The summed E-state index contributed by atoms with van der Waals surface area (Å²) in [6.07, 6.45) is 0. The molecule has 0 aliphatic rings. The Hall–Kier alpha value is -3.53. The van der Waals surface area contributed by atoms with Crippen LogP contribution >= 0.6 is 11.7 Å². The van der Waals surface area contributed by atoms with Crippen molar-refractivity contribution in [2.45, 2.75) is 0 Å². The van der Waals surface area contributed by atoms with E-state index in [1.54, 1.807) is 0 Å². The minimum Gasteiger partial charge on any atom is -0.285 e. The molecule has 9 nitrogen and oxygen atoms in total. The van der Waals surface area contributed by atoms with Crippen LogP contribution in [-0.4, -0.2) is 18.6 Å². The van der Waals surface area contributed by atoms with Gasteiger partial charge in [-0.1, -0.05) is 24.3 Å². The second-order valence-corrected chi connectivity index (χ2v) is 5.43. The van der Waals surface area contributed by atoms with Gasteiger partial charge in [0, 0.05) is 35.4 Å². The molecule has 0 atom stereocenters. The number of non-ortho nitro benzene ring substituents is 2. The minimum absolute atomic E-state index is 0.00482. The van der Waals surface area contributed by atoms with Crippen molar-refractivity contribution >= 4 is 23.1 Å². The quantitative estimate of drug-likeness (QED) is 0.519. The first-order valence-corrected chi connectivity index (χ1v) is 7.57. The van der Waals surface area contributed by atoms with E-state index in [1.165, 1.54) is 48.5 Å². The predicted octanol–water partition coefficient (Wildman–Crippen LogP) is 3.05. The molecule has 0 fully saturated rings. The maximum absolute atomic E-state index is 12.7. The van der Waals surface area contributed by atoms with Crippen LogP contribution in [0.2, 0.25) is 0 Å². The van der Waals surface area contributed by atoms with Crippen LogP contribution in [-0.2, 0) is 0 Å². The number of nitro benzene ring substituents is 2. The summed E-state index contributed by atoms with van der Waals surface area (Å²) in [5, 5.41) is 21.8. The van der Waals surface area contributed by atoms with Crippen molar-refractivity contribution in [3.63, 3.8) is 0 Å². The largest absolute Gasteiger partial charge is 0.285 e. The lowest BCUT2D eigenvalue weighted by atomic mass is 10.1. The molecule has 0 radical (unpaired) electrons. The van der Waals surface area contributed by atoms with E-state index in [9.17, 15) is 25.0 Å². The molecule has 124 valence electrons. The van der Waals surface area contributed by atoms with Gasteiger partial charge in [0.2, 0.25) is 5.43 Å². The Bertz CT molecular complexity index is 971. The molecule has 25 heavy (non-hydrogen) atoms. The van der Waals surface area contributed by atoms with Gasteiger partial charge in [-0.05, 0) is 0 Å². The molecule has 0 amide bonds. The number of aromatic nitrogens is 2. The lowest BCUT2D eigenvalue weighted by molar-refractivity contribution is -0.385. The maximum Gasteiger partial charge on any atom is 0.270 e. The van der Waals surface area contributed by atoms with Crippen LogP contribution in [0, 0.1) is 20.2 Å². The minimum atomic E-state index is -0.569. The van der Waals surface area contributed by atoms with Crippen LogP contribution in [0.25, 0.3) is 22.5 Å². The SMILES string of the molecule is O=c1c(-c2cccc([N+](=O)[O-])c2)nsnc1-c1cccc([N+](=O)[O-])c1. The Morgan fingerprint density at radius 3 is 1.64 bits per heavy atom. The van der Waals surface area contributed by atoms with Gasteiger partial charge in [0.25, 0.3) is 11.4 Å². The summed E-state index contributed by atoms with van der Waals surface area (Å²) in [7, 11) is 0. The first-order chi connectivity index (χ1) is 12.0. The third kappa shape index (κ3) is 3.23. The summed E-state index contributed by atoms with van der Waals surface area (Å²) in [4.78, 5) is 33.3. The average Bonchev–Trinajstić information content (AvgIpc) is 2.62. The van der Waals surface area contributed by atoms with Crippen molar-refractivity contribution in [3.05, 3.63) is 79.0 Å². The van der Waals surface area contributed by atoms with E-state index in [4.69, 9.17) is 0 Å². The number of hydrogen-bond acceptors (Lipinski definition) is 8. The van der Waals surface area contributed by atoms with E-state index in [0.29, 0.717) is 0 Å². The second-order valence-electron chi connectivity index (χ2n) is 4.91. The summed E-state index contributed by atoms with van der Waals surface area (Å²) >= 11 is 0.748. The molecular formula is C15H8N4O5S. The molecular weight excluding hydrogens is 348 g/mol. The second kappa shape index (κ2) is 6.53. The van der Waals surface area contributed by atoms with Gasteiger partial charge < -0.3 is 0 Å². The molecule has 0 bridgehead atoms. The average molecular weight is 356 g/mol. The zero-order chi connectivity index (χ0) is 18.0. The molecule has 0 saturated carbocycles. The van der Waals surface area contributed by atoms with E-state index in [-0.39, 0.29) is 33.9 Å². The Morgan fingerprint density at radius 2 is 1.24 bits per heavy atom. The Kier molecular flexibility index (Phi) is 4.27. The monoisotopic (exact) mass is 356 g/mol. The van der Waals surface area contributed by atoms with Crippen LogP contribution in [0.5, 0.6) is 0 Å². The highest BCUT2D eigenvalue weighted by Crippen LogP contribution is 2.24. The lowest BCUT2D eigenvalue weighted by Crippen LogP contribution is -2.11.